The van der Waals surface area contributed by atoms with Crippen LogP contribution in [-0.2, 0) is 16.2 Å². The van der Waals surface area contributed by atoms with Crippen molar-refractivity contribution in [1.29, 1.82) is 0 Å². The van der Waals surface area contributed by atoms with E-state index in [-0.39, 0.29) is 30.0 Å². The molecular formula is C22H22FN3O4S. The molecule has 0 aliphatic carbocycles. The Labute approximate surface area is 183 Å². The summed E-state index contributed by atoms with van der Waals surface area (Å²) in [4.78, 5) is 24.4. The van der Waals surface area contributed by atoms with Gasteiger partial charge in [-0.1, -0.05) is 23.4 Å². The van der Waals surface area contributed by atoms with E-state index in [1.54, 1.807) is 50.2 Å². The van der Waals surface area contributed by atoms with E-state index in [1.807, 2.05) is 6.07 Å². The maximum absolute atomic E-state index is 13.2. The zero-order valence-electron chi connectivity index (χ0n) is 17.1. The van der Waals surface area contributed by atoms with Gasteiger partial charge in [0, 0.05) is 17.8 Å². The molecule has 0 aliphatic rings. The first-order valence-corrected chi connectivity index (χ1v) is 10.6. The molecule has 9 heteroatoms. The maximum Gasteiger partial charge on any atom is 0.238 e. The van der Waals surface area contributed by atoms with E-state index in [0.29, 0.717) is 23.0 Å². The summed E-state index contributed by atoms with van der Waals surface area (Å²) in [5, 5.41) is 8.70. The Morgan fingerprint density at radius 3 is 2.71 bits per heavy atom. The van der Waals surface area contributed by atoms with Crippen LogP contribution in [0.5, 0.6) is 5.75 Å². The molecule has 2 amide bonds. The molecular weight excluding hydrogens is 421 g/mol. The Bertz CT molecular complexity index is 1060. The van der Waals surface area contributed by atoms with Gasteiger partial charge >= 0.3 is 0 Å². The third kappa shape index (κ3) is 7.14. The summed E-state index contributed by atoms with van der Waals surface area (Å²) in [6.45, 7) is 3.68. The summed E-state index contributed by atoms with van der Waals surface area (Å²) < 4.78 is 23.7. The van der Waals surface area contributed by atoms with Crippen molar-refractivity contribution in [2.75, 3.05) is 16.4 Å². The highest BCUT2D eigenvalue weighted by Gasteiger charge is 2.17. The molecule has 0 saturated carbocycles. The van der Waals surface area contributed by atoms with E-state index >= 15 is 0 Å². The van der Waals surface area contributed by atoms with Crippen LogP contribution >= 0.6 is 11.8 Å². The number of ether oxygens (including phenoxy) is 1. The van der Waals surface area contributed by atoms with E-state index in [4.69, 9.17) is 9.26 Å². The lowest BCUT2D eigenvalue weighted by atomic mass is 10.2. The number of carbonyl (C=O) groups excluding carboxylic acids is 2. The lowest BCUT2D eigenvalue weighted by Crippen LogP contribution is -2.25. The second-order valence-electron chi connectivity index (χ2n) is 6.76. The Hall–Kier alpha value is -3.33. The maximum atomic E-state index is 13.2. The van der Waals surface area contributed by atoms with Crippen LogP contribution in [0.3, 0.4) is 0 Å². The fourth-order valence-electron chi connectivity index (χ4n) is 2.59. The number of nitrogens with zero attached hydrogens (tertiary/aromatic N) is 1. The van der Waals surface area contributed by atoms with Crippen LogP contribution in [0.25, 0.3) is 0 Å². The summed E-state index contributed by atoms with van der Waals surface area (Å²) in [5.74, 6) is 0.619. The van der Waals surface area contributed by atoms with Gasteiger partial charge in [0.1, 0.15) is 23.9 Å². The number of hydrogen-bond acceptors (Lipinski definition) is 6. The molecule has 3 rings (SSSR count). The van der Waals surface area contributed by atoms with Gasteiger partial charge in [0.2, 0.25) is 11.8 Å². The Balaban J connectivity index is 1.45. The van der Waals surface area contributed by atoms with Crippen LogP contribution in [0, 0.1) is 12.7 Å². The zero-order chi connectivity index (χ0) is 22.2. The molecule has 31 heavy (non-hydrogen) atoms. The predicted molar refractivity (Wildman–Crippen MR) is 118 cm³/mol. The number of amides is 2. The molecule has 0 saturated heterocycles. The molecule has 162 valence electrons. The third-order valence-electron chi connectivity index (χ3n) is 4.13. The second kappa shape index (κ2) is 10.6. The van der Waals surface area contributed by atoms with Crippen LogP contribution < -0.4 is 15.4 Å². The van der Waals surface area contributed by atoms with Crippen molar-refractivity contribution < 1.29 is 23.2 Å². The van der Waals surface area contributed by atoms with Crippen molar-refractivity contribution in [3.05, 3.63) is 71.7 Å². The van der Waals surface area contributed by atoms with Gasteiger partial charge in [-0.05, 0) is 43.7 Å². The molecule has 1 aromatic heterocycles. The van der Waals surface area contributed by atoms with Crippen molar-refractivity contribution in [1.82, 2.24) is 5.16 Å². The molecule has 2 N–H and O–H groups in total. The average molecular weight is 444 g/mol. The summed E-state index contributed by atoms with van der Waals surface area (Å²) >= 11 is 1.21. The fourth-order valence-corrected chi connectivity index (χ4v) is 3.27. The van der Waals surface area contributed by atoms with Crippen molar-refractivity contribution in [2.45, 2.75) is 25.7 Å². The van der Waals surface area contributed by atoms with Crippen molar-refractivity contribution in [3.8, 4) is 5.75 Å². The number of thioether (sulfide) groups is 1. The monoisotopic (exact) mass is 443 g/mol. The third-order valence-corrected chi connectivity index (χ3v) is 5.27. The lowest BCUT2D eigenvalue weighted by molar-refractivity contribution is -0.115. The number of halogens is 1. The molecule has 0 fully saturated rings. The van der Waals surface area contributed by atoms with E-state index in [2.05, 4.69) is 15.8 Å². The molecule has 0 aliphatic heterocycles. The van der Waals surface area contributed by atoms with Crippen LogP contribution in [0.2, 0.25) is 0 Å². The van der Waals surface area contributed by atoms with Gasteiger partial charge in [-0.25, -0.2) is 4.39 Å². The zero-order valence-corrected chi connectivity index (χ0v) is 17.9. The summed E-state index contributed by atoms with van der Waals surface area (Å²) in [6.07, 6.45) is 0. The van der Waals surface area contributed by atoms with E-state index in [1.165, 1.54) is 23.9 Å². The number of aromatic nitrogens is 1. The molecule has 0 bridgehead atoms. The molecule has 0 spiro atoms. The predicted octanol–water partition coefficient (Wildman–Crippen LogP) is 4.40. The highest BCUT2D eigenvalue weighted by Crippen LogP contribution is 2.18. The first-order chi connectivity index (χ1) is 14.9. The molecule has 3 aromatic rings. The van der Waals surface area contributed by atoms with E-state index in [0.717, 1.165) is 5.56 Å². The lowest BCUT2D eigenvalue weighted by Gasteiger charge is -2.11. The van der Waals surface area contributed by atoms with Gasteiger partial charge < -0.3 is 19.9 Å². The Kier molecular flexibility index (Phi) is 7.66. The molecule has 7 nitrogen and oxygen atoms in total. The highest BCUT2D eigenvalue weighted by molar-refractivity contribution is 8.01. The van der Waals surface area contributed by atoms with Gasteiger partial charge in [-0.3, -0.25) is 9.59 Å². The van der Waals surface area contributed by atoms with Crippen molar-refractivity contribution >= 4 is 35.1 Å². The Morgan fingerprint density at radius 2 is 1.97 bits per heavy atom. The van der Waals surface area contributed by atoms with Gasteiger partial charge in [0.25, 0.3) is 0 Å². The fraction of sp³-hybridized carbons (Fsp3) is 0.227. The molecule has 1 atom stereocenters. The van der Waals surface area contributed by atoms with Gasteiger partial charge in [-0.15, -0.1) is 11.8 Å². The number of carbonyl (C=O) groups is 2. The largest absolute Gasteiger partial charge is 0.489 e. The minimum absolute atomic E-state index is 0.108. The standard InChI is InChI=1S/C22H22FN3O4S/c1-14-9-20(26-30-14)25-22(28)15(2)31-13-21(27)24-18-7-3-5-16(10-18)12-29-19-8-4-6-17(23)11-19/h3-11,15H,12-13H2,1-2H3,(H,24,27)(H,25,26,28). The quantitative estimate of drug-likeness (QED) is 0.509. The topological polar surface area (TPSA) is 93.5 Å². The van der Waals surface area contributed by atoms with Gasteiger partial charge in [-0.2, -0.15) is 0 Å². The summed E-state index contributed by atoms with van der Waals surface area (Å²) in [5.41, 5.74) is 1.44. The number of anilines is 2. The SMILES string of the molecule is Cc1cc(NC(=O)C(C)SCC(=O)Nc2cccc(COc3cccc(F)c3)c2)no1. The normalized spacial score (nSPS) is 11.6. The molecule has 2 aromatic carbocycles. The van der Waals surface area contributed by atoms with Crippen LogP contribution in [0.4, 0.5) is 15.9 Å². The van der Waals surface area contributed by atoms with E-state index in [9.17, 15) is 14.0 Å². The van der Waals surface area contributed by atoms with Crippen LogP contribution in [0.15, 0.2) is 59.1 Å². The number of rotatable bonds is 9. The number of benzene rings is 2. The molecule has 1 unspecified atom stereocenters. The van der Waals surface area contributed by atoms with Crippen LogP contribution in [-0.4, -0.2) is 28.0 Å². The summed E-state index contributed by atoms with van der Waals surface area (Å²) in [7, 11) is 0. The first kappa shape index (κ1) is 22.4. The number of hydrogen-bond donors (Lipinski definition) is 2. The van der Waals surface area contributed by atoms with E-state index < -0.39 is 5.25 Å². The molecule has 0 radical (unpaired) electrons. The highest BCUT2D eigenvalue weighted by atomic mass is 32.2. The molecule has 1 heterocycles. The number of nitrogens with one attached hydrogen (secondary N) is 2. The Morgan fingerprint density at radius 1 is 1.16 bits per heavy atom. The van der Waals surface area contributed by atoms with Crippen LogP contribution in [0.1, 0.15) is 18.2 Å². The van der Waals surface area contributed by atoms with Crippen molar-refractivity contribution in [2.24, 2.45) is 0 Å². The minimum Gasteiger partial charge on any atom is -0.489 e. The number of aryl methyl sites for hydroxylation is 1. The smallest absolute Gasteiger partial charge is 0.238 e. The summed E-state index contributed by atoms with van der Waals surface area (Å²) in [6, 6.07) is 14.7. The van der Waals surface area contributed by atoms with Gasteiger partial charge in [0.15, 0.2) is 5.82 Å². The van der Waals surface area contributed by atoms with Gasteiger partial charge in [0.05, 0.1) is 11.0 Å². The average Bonchev–Trinajstić information content (AvgIpc) is 3.15. The minimum atomic E-state index is -0.450. The second-order valence-corrected chi connectivity index (χ2v) is 8.09. The van der Waals surface area contributed by atoms with Crippen molar-refractivity contribution in [3.63, 3.8) is 0 Å². The first-order valence-electron chi connectivity index (χ1n) is 9.52.